The van der Waals surface area contributed by atoms with Gasteiger partial charge in [-0.15, -0.1) is 6.58 Å². The van der Waals surface area contributed by atoms with Gasteiger partial charge in [-0.1, -0.05) is 6.08 Å². The molecular weight excluding hydrogens is 224 g/mol. The molecule has 2 amide bonds. The van der Waals surface area contributed by atoms with E-state index in [1.807, 2.05) is 0 Å². The molecule has 0 radical (unpaired) electrons. The number of carboxylic acids is 1. The molecule has 1 saturated carbocycles. The van der Waals surface area contributed by atoms with Crippen molar-refractivity contribution in [2.45, 2.75) is 25.0 Å². The van der Waals surface area contributed by atoms with Crippen molar-refractivity contribution < 1.29 is 19.4 Å². The van der Waals surface area contributed by atoms with Gasteiger partial charge in [0.1, 0.15) is 6.54 Å². The number of nitrogens with one attached hydrogen (secondary N) is 1. The largest absolute Gasteiger partial charge is 0.480 e. The van der Waals surface area contributed by atoms with Gasteiger partial charge >= 0.3 is 12.0 Å². The van der Waals surface area contributed by atoms with Crippen LogP contribution in [0.15, 0.2) is 12.7 Å². The van der Waals surface area contributed by atoms with E-state index in [1.54, 1.807) is 7.11 Å². The summed E-state index contributed by atoms with van der Waals surface area (Å²) in [6.45, 7) is 3.39. The van der Waals surface area contributed by atoms with Gasteiger partial charge in [-0.05, 0) is 12.8 Å². The first-order chi connectivity index (χ1) is 8.06. The summed E-state index contributed by atoms with van der Waals surface area (Å²) in [4.78, 5) is 23.5. The molecule has 0 spiro atoms. The lowest BCUT2D eigenvalue weighted by Crippen LogP contribution is -2.52. The van der Waals surface area contributed by atoms with Gasteiger partial charge in [0.2, 0.25) is 0 Å². The molecule has 2 N–H and O–H groups in total. The Morgan fingerprint density at radius 3 is 2.71 bits per heavy atom. The zero-order valence-corrected chi connectivity index (χ0v) is 9.89. The predicted molar refractivity (Wildman–Crippen MR) is 61.8 cm³/mol. The fraction of sp³-hybridized carbons (Fsp3) is 0.636. The van der Waals surface area contributed by atoms with E-state index in [4.69, 9.17) is 9.84 Å². The number of urea groups is 1. The van der Waals surface area contributed by atoms with Crippen molar-refractivity contribution in [3.8, 4) is 0 Å². The smallest absolute Gasteiger partial charge is 0.323 e. The summed E-state index contributed by atoms with van der Waals surface area (Å²) in [5.41, 5.74) is 0. The molecule has 17 heavy (non-hydrogen) atoms. The minimum absolute atomic E-state index is 0.0774. The number of carbonyl (C=O) groups excluding carboxylic acids is 1. The number of carbonyl (C=O) groups is 2. The summed E-state index contributed by atoms with van der Waals surface area (Å²) in [6, 6.07) is -0.291. The topological polar surface area (TPSA) is 78.9 Å². The van der Waals surface area contributed by atoms with Crippen LogP contribution in [0.25, 0.3) is 0 Å². The van der Waals surface area contributed by atoms with Crippen molar-refractivity contribution in [1.29, 1.82) is 0 Å². The molecule has 1 aliphatic carbocycles. The predicted octanol–water partition coefficient (Wildman–Crippen LogP) is 0.446. The highest BCUT2D eigenvalue weighted by Gasteiger charge is 2.31. The van der Waals surface area contributed by atoms with Gasteiger partial charge in [0.25, 0.3) is 0 Å². The third-order valence-corrected chi connectivity index (χ3v) is 2.72. The van der Waals surface area contributed by atoms with Crippen LogP contribution in [0.2, 0.25) is 0 Å². The maximum absolute atomic E-state index is 11.7. The molecule has 0 heterocycles. The first-order valence-corrected chi connectivity index (χ1v) is 5.47. The Labute approximate surface area is 100 Å². The summed E-state index contributed by atoms with van der Waals surface area (Å²) in [7, 11) is 1.64. The highest BCUT2D eigenvalue weighted by Crippen LogP contribution is 2.22. The van der Waals surface area contributed by atoms with Crippen molar-refractivity contribution in [1.82, 2.24) is 10.2 Å². The van der Waals surface area contributed by atoms with Crippen molar-refractivity contribution >= 4 is 12.0 Å². The molecule has 0 aliphatic heterocycles. The molecule has 0 aromatic heterocycles. The van der Waals surface area contributed by atoms with Crippen LogP contribution in [0, 0.1) is 0 Å². The number of methoxy groups -OCH3 is 1. The lowest BCUT2D eigenvalue weighted by molar-refractivity contribution is -0.137. The Morgan fingerprint density at radius 2 is 2.24 bits per heavy atom. The fourth-order valence-corrected chi connectivity index (χ4v) is 1.68. The van der Waals surface area contributed by atoms with E-state index in [2.05, 4.69) is 11.9 Å². The Kier molecular flexibility index (Phi) is 4.96. The van der Waals surface area contributed by atoms with Crippen LogP contribution >= 0.6 is 0 Å². The first kappa shape index (κ1) is 13.5. The van der Waals surface area contributed by atoms with E-state index in [0.717, 1.165) is 12.8 Å². The van der Waals surface area contributed by atoms with Crippen LogP contribution in [-0.4, -0.2) is 54.4 Å². The van der Waals surface area contributed by atoms with Crippen LogP contribution in [-0.2, 0) is 9.53 Å². The molecule has 1 fully saturated rings. The maximum atomic E-state index is 11.7. The molecule has 0 aromatic rings. The van der Waals surface area contributed by atoms with Crippen molar-refractivity contribution in [3.05, 3.63) is 12.7 Å². The van der Waals surface area contributed by atoms with E-state index in [1.165, 1.54) is 11.0 Å². The van der Waals surface area contributed by atoms with Crippen molar-refractivity contribution in [3.63, 3.8) is 0 Å². The van der Waals surface area contributed by atoms with Gasteiger partial charge in [0.15, 0.2) is 0 Å². The van der Waals surface area contributed by atoms with E-state index < -0.39 is 5.97 Å². The minimum Gasteiger partial charge on any atom is -0.480 e. The fourth-order valence-electron chi connectivity index (χ4n) is 1.68. The molecule has 1 aliphatic rings. The lowest BCUT2D eigenvalue weighted by atomic mass is 9.89. The Hall–Kier alpha value is -1.56. The molecule has 0 unspecified atom stereocenters. The number of aliphatic carboxylic acids is 1. The van der Waals surface area contributed by atoms with Crippen LogP contribution in [0.3, 0.4) is 0 Å². The zero-order chi connectivity index (χ0) is 12.8. The second kappa shape index (κ2) is 6.24. The SMILES string of the molecule is C=CCN(CC(=O)O)C(=O)NC1CC(OC)C1. The summed E-state index contributed by atoms with van der Waals surface area (Å²) in [5.74, 6) is -1.04. The van der Waals surface area contributed by atoms with E-state index in [9.17, 15) is 9.59 Å². The number of rotatable bonds is 6. The van der Waals surface area contributed by atoms with Crippen LogP contribution in [0.1, 0.15) is 12.8 Å². The lowest BCUT2D eigenvalue weighted by Gasteiger charge is -2.35. The average molecular weight is 242 g/mol. The zero-order valence-electron chi connectivity index (χ0n) is 9.89. The third-order valence-electron chi connectivity index (χ3n) is 2.72. The number of hydrogen-bond donors (Lipinski definition) is 2. The van der Waals surface area contributed by atoms with Crippen LogP contribution in [0.4, 0.5) is 4.79 Å². The summed E-state index contributed by atoms with van der Waals surface area (Å²) < 4.78 is 5.10. The number of ether oxygens (including phenoxy) is 1. The second-order valence-corrected chi connectivity index (χ2v) is 4.04. The summed E-state index contributed by atoms with van der Waals surface area (Å²) >= 11 is 0. The standard InChI is InChI=1S/C11H18N2O4/c1-3-4-13(7-10(14)15)11(16)12-8-5-9(6-8)17-2/h3,8-9H,1,4-7H2,2H3,(H,12,16)(H,14,15). The molecule has 6 heteroatoms. The Bertz CT molecular complexity index is 300. The molecule has 0 saturated heterocycles. The number of carboxylic acid groups (broad SMARTS) is 1. The van der Waals surface area contributed by atoms with Crippen molar-refractivity contribution in [2.75, 3.05) is 20.2 Å². The number of nitrogens with zero attached hydrogens (tertiary/aromatic N) is 1. The number of amides is 2. The highest BCUT2D eigenvalue weighted by atomic mass is 16.5. The number of hydrogen-bond acceptors (Lipinski definition) is 3. The molecule has 6 nitrogen and oxygen atoms in total. The second-order valence-electron chi connectivity index (χ2n) is 4.04. The maximum Gasteiger partial charge on any atom is 0.323 e. The van der Waals surface area contributed by atoms with Gasteiger partial charge in [-0.2, -0.15) is 0 Å². The van der Waals surface area contributed by atoms with Crippen LogP contribution < -0.4 is 5.32 Å². The monoisotopic (exact) mass is 242 g/mol. The Morgan fingerprint density at radius 1 is 1.59 bits per heavy atom. The van der Waals surface area contributed by atoms with E-state index in [-0.39, 0.29) is 31.3 Å². The van der Waals surface area contributed by atoms with Gasteiger partial charge in [-0.3, -0.25) is 4.79 Å². The van der Waals surface area contributed by atoms with Crippen LogP contribution in [0.5, 0.6) is 0 Å². The molecule has 0 bridgehead atoms. The minimum atomic E-state index is -1.04. The van der Waals surface area contributed by atoms with E-state index in [0.29, 0.717) is 0 Å². The molecule has 96 valence electrons. The van der Waals surface area contributed by atoms with Crippen molar-refractivity contribution in [2.24, 2.45) is 0 Å². The quantitative estimate of drug-likeness (QED) is 0.663. The van der Waals surface area contributed by atoms with Gasteiger partial charge in [0.05, 0.1) is 6.10 Å². The molecule has 0 aromatic carbocycles. The third kappa shape index (κ3) is 4.07. The summed E-state index contributed by atoms with van der Waals surface area (Å²) in [6.07, 6.45) is 3.25. The average Bonchev–Trinajstić information content (AvgIpc) is 2.21. The molecule has 1 rings (SSSR count). The highest BCUT2D eigenvalue weighted by molar-refractivity contribution is 5.80. The molecule has 0 atom stereocenters. The van der Waals surface area contributed by atoms with Gasteiger partial charge < -0.3 is 20.1 Å². The summed E-state index contributed by atoms with van der Waals surface area (Å²) in [5, 5.41) is 11.4. The first-order valence-electron chi connectivity index (χ1n) is 5.47. The molecular formula is C11H18N2O4. The Balaban J connectivity index is 2.37. The van der Waals surface area contributed by atoms with E-state index >= 15 is 0 Å². The van der Waals surface area contributed by atoms with Gasteiger partial charge in [-0.25, -0.2) is 4.79 Å². The van der Waals surface area contributed by atoms with Gasteiger partial charge in [0, 0.05) is 19.7 Å². The normalized spacial score (nSPS) is 22.4.